The molecule has 2 rings (SSSR count). The molecule has 0 saturated carbocycles. The van der Waals surface area contributed by atoms with E-state index < -0.39 is 6.04 Å². The van der Waals surface area contributed by atoms with Crippen LogP contribution in [0.5, 0.6) is 0 Å². The van der Waals surface area contributed by atoms with E-state index in [2.05, 4.69) is 15.5 Å². The van der Waals surface area contributed by atoms with Gasteiger partial charge in [-0.25, -0.2) is 4.39 Å². The number of halogens is 1. The molecule has 0 bridgehead atoms. The minimum Gasteiger partial charge on any atom is -0.360 e. The standard InChI is InChI=1S/C17H25FN4O2/c1-3-19-17(24)13(2)20-16(23)12-21-8-10-22(11-9-21)15-6-4-14(18)5-7-15/h4-7,13H,3,8-12H2,1-2H3,(H,19,24)(H,20,23)/p+1/t13-/m0/s1. The number of likely N-dealkylation sites (N-methyl/N-ethyl adjacent to an activating group) is 1. The summed E-state index contributed by atoms with van der Waals surface area (Å²) in [5.41, 5.74) is 1.00. The van der Waals surface area contributed by atoms with Crippen molar-refractivity contribution >= 4 is 17.5 Å². The Hall–Kier alpha value is -2.15. The maximum Gasteiger partial charge on any atom is 0.275 e. The van der Waals surface area contributed by atoms with E-state index in [1.54, 1.807) is 19.1 Å². The fourth-order valence-corrected chi connectivity index (χ4v) is 2.82. The maximum atomic E-state index is 13.0. The minimum absolute atomic E-state index is 0.112. The first-order valence-corrected chi connectivity index (χ1v) is 8.40. The Labute approximate surface area is 142 Å². The summed E-state index contributed by atoms with van der Waals surface area (Å²) in [5, 5.41) is 5.42. The average molecular weight is 337 g/mol. The van der Waals surface area contributed by atoms with Gasteiger partial charge in [0.15, 0.2) is 6.54 Å². The highest BCUT2D eigenvalue weighted by Crippen LogP contribution is 2.14. The number of carbonyl (C=O) groups is 2. The molecule has 0 aliphatic carbocycles. The minimum atomic E-state index is -0.516. The fourth-order valence-electron chi connectivity index (χ4n) is 2.82. The molecular formula is C17H26FN4O2+. The molecule has 1 aromatic carbocycles. The Morgan fingerprint density at radius 1 is 1.25 bits per heavy atom. The molecule has 1 heterocycles. The molecule has 1 atom stereocenters. The summed E-state index contributed by atoms with van der Waals surface area (Å²) in [6.45, 7) is 7.75. The molecule has 3 N–H and O–H groups in total. The van der Waals surface area contributed by atoms with Gasteiger partial charge in [-0.05, 0) is 38.1 Å². The van der Waals surface area contributed by atoms with E-state index in [4.69, 9.17) is 0 Å². The van der Waals surface area contributed by atoms with Crippen LogP contribution in [0.4, 0.5) is 10.1 Å². The Morgan fingerprint density at radius 3 is 2.46 bits per heavy atom. The first-order valence-electron chi connectivity index (χ1n) is 8.40. The van der Waals surface area contributed by atoms with Crippen LogP contribution < -0.4 is 20.4 Å². The molecule has 1 aliphatic heterocycles. The van der Waals surface area contributed by atoms with Crippen molar-refractivity contribution in [3.63, 3.8) is 0 Å². The van der Waals surface area contributed by atoms with E-state index in [0.717, 1.165) is 31.9 Å². The molecule has 2 amide bonds. The van der Waals surface area contributed by atoms with E-state index in [0.29, 0.717) is 13.1 Å². The van der Waals surface area contributed by atoms with Gasteiger partial charge in [-0.15, -0.1) is 0 Å². The lowest BCUT2D eigenvalue weighted by Crippen LogP contribution is -3.16. The van der Waals surface area contributed by atoms with Crippen LogP contribution in [0.25, 0.3) is 0 Å². The molecule has 0 radical (unpaired) electrons. The summed E-state index contributed by atoms with van der Waals surface area (Å²) in [6, 6.07) is 5.97. The topological polar surface area (TPSA) is 65.9 Å². The molecule has 1 aliphatic rings. The summed E-state index contributed by atoms with van der Waals surface area (Å²) in [6.07, 6.45) is 0. The van der Waals surface area contributed by atoms with Gasteiger partial charge >= 0.3 is 0 Å². The highest BCUT2D eigenvalue weighted by molar-refractivity contribution is 5.87. The Balaban J connectivity index is 1.75. The van der Waals surface area contributed by atoms with Crippen LogP contribution >= 0.6 is 0 Å². The maximum absolute atomic E-state index is 13.0. The van der Waals surface area contributed by atoms with Gasteiger partial charge in [0.2, 0.25) is 5.91 Å². The molecule has 0 unspecified atom stereocenters. The molecule has 1 fully saturated rings. The third kappa shape index (κ3) is 5.19. The molecule has 0 aromatic heterocycles. The Kier molecular flexibility index (Phi) is 6.54. The zero-order valence-electron chi connectivity index (χ0n) is 14.3. The second-order valence-corrected chi connectivity index (χ2v) is 6.07. The number of hydrogen-bond acceptors (Lipinski definition) is 3. The van der Waals surface area contributed by atoms with Gasteiger partial charge in [-0.3, -0.25) is 9.59 Å². The number of amides is 2. The van der Waals surface area contributed by atoms with Crippen molar-refractivity contribution in [1.29, 1.82) is 0 Å². The summed E-state index contributed by atoms with van der Waals surface area (Å²) < 4.78 is 13.0. The van der Waals surface area contributed by atoms with Crippen LogP contribution in [0.1, 0.15) is 13.8 Å². The summed E-state index contributed by atoms with van der Waals surface area (Å²) >= 11 is 0. The fraction of sp³-hybridized carbons (Fsp3) is 0.529. The number of anilines is 1. The molecule has 7 heteroatoms. The predicted molar refractivity (Wildman–Crippen MR) is 90.5 cm³/mol. The van der Waals surface area contributed by atoms with Gasteiger partial charge in [-0.1, -0.05) is 0 Å². The molecule has 132 valence electrons. The molecular weight excluding hydrogens is 311 g/mol. The summed E-state index contributed by atoms with van der Waals surface area (Å²) in [4.78, 5) is 27.1. The lowest BCUT2D eigenvalue weighted by Gasteiger charge is -2.33. The van der Waals surface area contributed by atoms with Crippen molar-refractivity contribution in [3.8, 4) is 0 Å². The van der Waals surface area contributed by atoms with E-state index in [1.807, 2.05) is 6.92 Å². The second-order valence-electron chi connectivity index (χ2n) is 6.07. The first kappa shape index (κ1) is 18.2. The van der Waals surface area contributed by atoms with Crippen LogP contribution in [-0.4, -0.2) is 57.1 Å². The largest absolute Gasteiger partial charge is 0.360 e. The van der Waals surface area contributed by atoms with Gasteiger partial charge in [0.25, 0.3) is 5.91 Å². The second kappa shape index (κ2) is 8.63. The van der Waals surface area contributed by atoms with Crippen LogP contribution in [0.15, 0.2) is 24.3 Å². The van der Waals surface area contributed by atoms with Gasteiger partial charge in [0.1, 0.15) is 11.9 Å². The van der Waals surface area contributed by atoms with E-state index >= 15 is 0 Å². The number of rotatable bonds is 6. The van der Waals surface area contributed by atoms with Crippen LogP contribution in [0.3, 0.4) is 0 Å². The lowest BCUT2D eigenvalue weighted by atomic mass is 10.2. The number of nitrogens with zero attached hydrogens (tertiary/aromatic N) is 1. The SMILES string of the molecule is CCNC(=O)[C@H](C)NC(=O)C[NH+]1CCN(c2ccc(F)cc2)CC1. The van der Waals surface area contributed by atoms with Crippen molar-refractivity contribution in [2.45, 2.75) is 19.9 Å². The number of carbonyl (C=O) groups excluding carboxylic acids is 2. The number of hydrogen-bond donors (Lipinski definition) is 3. The van der Waals surface area contributed by atoms with Crippen LogP contribution in [0, 0.1) is 5.82 Å². The van der Waals surface area contributed by atoms with E-state index in [-0.39, 0.29) is 17.6 Å². The van der Waals surface area contributed by atoms with Crippen molar-refractivity contribution in [2.24, 2.45) is 0 Å². The van der Waals surface area contributed by atoms with Gasteiger partial charge < -0.3 is 20.4 Å². The van der Waals surface area contributed by atoms with Crippen LogP contribution in [0.2, 0.25) is 0 Å². The highest BCUT2D eigenvalue weighted by atomic mass is 19.1. The summed E-state index contributed by atoms with van der Waals surface area (Å²) in [7, 11) is 0. The first-order chi connectivity index (χ1) is 11.5. The lowest BCUT2D eigenvalue weighted by molar-refractivity contribution is -0.892. The van der Waals surface area contributed by atoms with Gasteiger partial charge in [-0.2, -0.15) is 0 Å². The van der Waals surface area contributed by atoms with Gasteiger partial charge in [0.05, 0.1) is 26.2 Å². The van der Waals surface area contributed by atoms with Crippen LogP contribution in [-0.2, 0) is 9.59 Å². The van der Waals surface area contributed by atoms with Crippen molar-refractivity contribution in [2.75, 3.05) is 44.2 Å². The smallest absolute Gasteiger partial charge is 0.275 e. The number of benzene rings is 1. The van der Waals surface area contributed by atoms with Crippen molar-refractivity contribution in [3.05, 3.63) is 30.1 Å². The number of piperazine rings is 1. The molecule has 6 nitrogen and oxygen atoms in total. The third-order valence-corrected chi connectivity index (χ3v) is 4.19. The molecule has 24 heavy (non-hydrogen) atoms. The predicted octanol–water partition coefficient (Wildman–Crippen LogP) is -0.829. The van der Waals surface area contributed by atoms with Gasteiger partial charge in [0, 0.05) is 12.2 Å². The van der Waals surface area contributed by atoms with Crippen molar-refractivity contribution < 1.29 is 18.9 Å². The highest BCUT2D eigenvalue weighted by Gasteiger charge is 2.24. The molecule has 1 aromatic rings. The zero-order chi connectivity index (χ0) is 17.5. The number of quaternary nitrogens is 1. The average Bonchev–Trinajstić information content (AvgIpc) is 2.56. The van der Waals surface area contributed by atoms with Crippen molar-refractivity contribution in [1.82, 2.24) is 10.6 Å². The molecule has 1 saturated heterocycles. The van der Waals surface area contributed by atoms with E-state index in [1.165, 1.54) is 17.0 Å². The normalized spacial score (nSPS) is 16.5. The van der Waals surface area contributed by atoms with E-state index in [9.17, 15) is 14.0 Å². The quantitative estimate of drug-likeness (QED) is 0.635. The summed E-state index contributed by atoms with van der Waals surface area (Å²) in [5.74, 6) is -0.512. The molecule has 0 spiro atoms. The third-order valence-electron chi connectivity index (χ3n) is 4.19. The Bertz CT molecular complexity index is 556. The Morgan fingerprint density at radius 2 is 1.88 bits per heavy atom. The monoisotopic (exact) mass is 337 g/mol. The zero-order valence-corrected chi connectivity index (χ0v) is 14.3. The number of nitrogens with one attached hydrogen (secondary N) is 3.